The van der Waals surface area contributed by atoms with Crippen molar-refractivity contribution in [2.45, 2.75) is 19.3 Å². The van der Waals surface area contributed by atoms with Crippen LogP contribution in [0.15, 0.2) is 24.3 Å². The van der Waals surface area contributed by atoms with Crippen LogP contribution in [0, 0.1) is 5.92 Å². The lowest BCUT2D eigenvalue weighted by Crippen LogP contribution is -2.36. The quantitative estimate of drug-likeness (QED) is 0.618. The van der Waals surface area contributed by atoms with E-state index in [1.807, 2.05) is 24.3 Å². The highest BCUT2D eigenvalue weighted by atomic mass is 16.5. The second-order valence-electron chi connectivity index (χ2n) is 6.25. The third-order valence-electron chi connectivity index (χ3n) is 4.27. The summed E-state index contributed by atoms with van der Waals surface area (Å²) in [4.78, 5) is 4.86. The maximum absolute atomic E-state index is 5.86. The average molecular weight is 291 g/mol. The summed E-state index contributed by atoms with van der Waals surface area (Å²) in [7, 11) is 4.43. The highest BCUT2D eigenvalue weighted by Gasteiger charge is 2.17. The van der Waals surface area contributed by atoms with Gasteiger partial charge in [0, 0.05) is 13.1 Å². The van der Waals surface area contributed by atoms with Crippen LogP contribution in [0.5, 0.6) is 5.75 Å². The molecule has 0 atom stereocenters. The molecule has 0 radical (unpaired) electrons. The maximum atomic E-state index is 5.86. The normalized spacial score (nSPS) is 17.3. The third-order valence-corrected chi connectivity index (χ3v) is 4.27. The molecule has 1 heterocycles. The van der Waals surface area contributed by atoms with Gasteiger partial charge in [-0.1, -0.05) is 12.1 Å². The Labute approximate surface area is 128 Å². The Balaban J connectivity index is 1.59. The van der Waals surface area contributed by atoms with E-state index in [0.717, 1.165) is 36.9 Å². The van der Waals surface area contributed by atoms with Gasteiger partial charge in [0.25, 0.3) is 0 Å². The molecule has 0 amide bonds. The van der Waals surface area contributed by atoms with E-state index in [0.29, 0.717) is 0 Å². The second-order valence-corrected chi connectivity index (χ2v) is 6.25. The monoisotopic (exact) mass is 291 g/mol. The van der Waals surface area contributed by atoms with Crippen LogP contribution < -0.4 is 10.5 Å². The highest BCUT2D eigenvalue weighted by molar-refractivity contribution is 5.51. The van der Waals surface area contributed by atoms with Crippen LogP contribution in [0.4, 0.5) is 5.69 Å². The van der Waals surface area contributed by atoms with Gasteiger partial charge in [0.2, 0.25) is 0 Å². The summed E-state index contributed by atoms with van der Waals surface area (Å²) in [5.41, 5.74) is 6.58. The second kappa shape index (κ2) is 8.25. The van der Waals surface area contributed by atoms with Crippen LogP contribution in [0.1, 0.15) is 19.3 Å². The molecule has 1 aromatic rings. The Morgan fingerprint density at radius 3 is 2.71 bits per heavy atom. The van der Waals surface area contributed by atoms with Crippen molar-refractivity contribution in [2.75, 3.05) is 52.6 Å². The fourth-order valence-corrected chi connectivity index (χ4v) is 2.91. The zero-order chi connectivity index (χ0) is 15.1. The number of para-hydroxylation sites is 2. The van der Waals surface area contributed by atoms with Gasteiger partial charge in [-0.3, -0.25) is 0 Å². The van der Waals surface area contributed by atoms with E-state index in [-0.39, 0.29) is 0 Å². The highest BCUT2D eigenvalue weighted by Crippen LogP contribution is 2.20. The van der Waals surface area contributed by atoms with E-state index in [9.17, 15) is 0 Å². The van der Waals surface area contributed by atoms with Crippen LogP contribution in [-0.2, 0) is 0 Å². The zero-order valence-electron chi connectivity index (χ0n) is 13.4. The Kier molecular flexibility index (Phi) is 6.33. The molecule has 1 aromatic carbocycles. The fourth-order valence-electron chi connectivity index (χ4n) is 2.91. The van der Waals surface area contributed by atoms with Crippen molar-refractivity contribution >= 4 is 5.69 Å². The SMILES string of the molecule is CN1CCC(CN(C)CCCOc2ccccc2N)CC1. The summed E-state index contributed by atoms with van der Waals surface area (Å²) in [6.45, 7) is 5.51. The van der Waals surface area contributed by atoms with Crippen LogP contribution in [0.2, 0.25) is 0 Å². The maximum Gasteiger partial charge on any atom is 0.142 e. The Morgan fingerprint density at radius 2 is 2.00 bits per heavy atom. The van der Waals surface area contributed by atoms with Crippen molar-refractivity contribution in [3.05, 3.63) is 24.3 Å². The van der Waals surface area contributed by atoms with Crippen molar-refractivity contribution in [1.29, 1.82) is 0 Å². The van der Waals surface area contributed by atoms with Gasteiger partial charge in [0.15, 0.2) is 0 Å². The smallest absolute Gasteiger partial charge is 0.142 e. The molecule has 0 aliphatic carbocycles. The fraction of sp³-hybridized carbons (Fsp3) is 0.647. The summed E-state index contributed by atoms with van der Waals surface area (Å²) >= 11 is 0. The first kappa shape index (κ1) is 16.1. The number of rotatable bonds is 7. The molecule has 1 aliphatic heterocycles. The van der Waals surface area contributed by atoms with Gasteiger partial charge in [-0.25, -0.2) is 0 Å². The largest absolute Gasteiger partial charge is 0.491 e. The van der Waals surface area contributed by atoms with Crippen LogP contribution in [0.25, 0.3) is 0 Å². The number of hydrogen-bond acceptors (Lipinski definition) is 4. The van der Waals surface area contributed by atoms with E-state index in [4.69, 9.17) is 10.5 Å². The van der Waals surface area contributed by atoms with Crippen molar-refractivity contribution in [3.63, 3.8) is 0 Å². The van der Waals surface area contributed by atoms with Crippen molar-refractivity contribution in [2.24, 2.45) is 5.92 Å². The predicted octanol–water partition coefficient (Wildman–Crippen LogP) is 2.31. The van der Waals surface area contributed by atoms with Crippen molar-refractivity contribution < 1.29 is 4.74 Å². The zero-order valence-corrected chi connectivity index (χ0v) is 13.4. The molecule has 21 heavy (non-hydrogen) atoms. The van der Waals surface area contributed by atoms with E-state index >= 15 is 0 Å². The third kappa shape index (κ3) is 5.56. The summed E-state index contributed by atoms with van der Waals surface area (Å²) in [6, 6.07) is 7.69. The number of benzene rings is 1. The number of nitrogen functional groups attached to an aromatic ring is 1. The van der Waals surface area contributed by atoms with Gasteiger partial charge in [0.1, 0.15) is 5.75 Å². The van der Waals surface area contributed by atoms with Crippen molar-refractivity contribution in [3.8, 4) is 5.75 Å². The number of nitrogens with zero attached hydrogens (tertiary/aromatic N) is 2. The van der Waals surface area contributed by atoms with Crippen molar-refractivity contribution in [1.82, 2.24) is 9.80 Å². The number of anilines is 1. The van der Waals surface area contributed by atoms with Crippen LogP contribution >= 0.6 is 0 Å². The number of hydrogen-bond donors (Lipinski definition) is 1. The van der Waals surface area contributed by atoms with Crippen LogP contribution in [0.3, 0.4) is 0 Å². The van der Waals surface area contributed by atoms with E-state index < -0.39 is 0 Å². The van der Waals surface area contributed by atoms with Crippen LogP contribution in [-0.4, -0.2) is 56.7 Å². The number of likely N-dealkylation sites (tertiary alicyclic amines) is 1. The molecule has 0 spiro atoms. The van der Waals surface area contributed by atoms with Gasteiger partial charge >= 0.3 is 0 Å². The predicted molar refractivity (Wildman–Crippen MR) is 88.7 cm³/mol. The lowest BCUT2D eigenvalue weighted by molar-refractivity contribution is 0.170. The number of nitrogens with two attached hydrogens (primary N) is 1. The minimum Gasteiger partial charge on any atom is -0.491 e. The Morgan fingerprint density at radius 1 is 1.29 bits per heavy atom. The van der Waals surface area contributed by atoms with Gasteiger partial charge in [0.05, 0.1) is 12.3 Å². The summed E-state index contributed by atoms with van der Waals surface area (Å²) in [6.07, 6.45) is 3.70. The molecule has 1 fully saturated rings. The van der Waals surface area contributed by atoms with Gasteiger partial charge in [-0.2, -0.15) is 0 Å². The van der Waals surface area contributed by atoms with Gasteiger partial charge in [-0.15, -0.1) is 0 Å². The Hall–Kier alpha value is -1.26. The lowest BCUT2D eigenvalue weighted by atomic mass is 9.97. The summed E-state index contributed by atoms with van der Waals surface area (Å²) in [5.74, 6) is 1.66. The number of ether oxygens (including phenoxy) is 1. The molecule has 1 aliphatic rings. The first-order chi connectivity index (χ1) is 10.1. The molecule has 4 heteroatoms. The van der Waals surface area contributed by atoms with Gasteiger partial charge < -0.3 is 20.3 Å². The molecule has 4 nitrogen and oxygen atoms in total. The number of piperidine rings is 1. The summed E-state index contributed by atoms with van der Waals surface area (Å²) < 4.78 is 5.73. The van der Waals surface area contributed by atoms with E-state index in [1.165, 1.54) is 32.5 Å². The first-order valence-electron chi connectivity index (χ1n) is 7.99. The minimum atomic E-state index is 0.720. The molecular formula is C17H29N3O. The molecule has 118 valence electrons. The molecular weight excluding hydrogens is 262 g/mol. The van der Waals surface area contributed by atoms with Gasteiger partial charge in [-0.05, 0) is 64.5 Å². The molecule has 1 saturated heterocycles. The molecule has 0 unspecified atom stereocenters. The summed E-state index contributed by atoms with van der Waals surface area (Å²) in [5, 5.41) is 0. The molecule has 0 bridgehead atoms. The minimum absolute atomic E-state index is 0.720. The standard InChI is InChI=1S/C17H29N3O/c1-19-11-8-15(9-12-19)14-20(2)10-5-13-21-17-7-4-3-6-16(17)18/h3-4,6-7,15H,5,8-14,18H2,1-2H3. The van der Waals surface area contributed by atoms with E-state index in [1.54, 1.807) is 0 Å². The average Bonchev–Trinajstić information content (AvgIpc) is 2.48. The molecule has 0 aromatic heterocycles. The first-order valence-corrected chi connectivity index (χ1v) is 7.99. The molecule has 2 rings (SSSR count). The molecule has 2 N–H and O–H groups in total. The lowest BCUT2D eigenvalue weighted by Gasteiger charge is -2.31. The van der Waals surface area contributed by atoms with E-state index in [2.05, 4.69) is 23.9 Å². The molecule has 0 saturated carbocycles. The topological polar surface area (TPSA) is 41.7 Å². The Bertz CT molecular complexity index is 416.